The topological polar surface area (TPSA) is 30.5 Å². The van der Waals surface area contributed by atoms with Crippen molar-refractivity contribution in [3.05, 3.63) is 29.8 Å². The molecular weight excluding hydrogens is 250 g/mol. The Labute approximate surface area is 123 Å². The number of nitrogens with one attached hydrogen (secondary N) is 1. The lowest BCUT2D eigenvalue weighted by Gasteiger charge is -2.26. The van der Waals surface area contributed by atoms with Crippen molar-refractivity contribution in [1.82, 2.24) is 5.32 Å². The molecule has 1 rings (SSSR count). The number of benzene rings is 1. The maximum Gasteiger partial charge on any atom is 0.119 e. The first-order valence-electron chi connectivity index (χ1n) is 7.68. The van der Waals surface area contributed by atoms with Gasteiger partial charge in [0.2, 0.25) is 0 Å². The molecule has 2 unspecified atom stereocenters. The van der Waals surface area contributed by atoms with Crippen LogP contribution in [0.15, 0.2) is 24.3 Å². The monoisotopic (exact) mass is 279 g/mol. The van der Waals surface area contributed by atoms with E-state index in [1.165, 1.54) is 5.56 Å². The zero-order valence-electron chi connectivity index (χ0n) is 13.3. The first-order valence-corrected chi connectivity index (χ1v) is 7.68. The lowest BCUT2D eigenvalue weighted by atomic mass is 9.92. The van der Waals surface area contributed by atoms with Crippen molar-refractivity contribution in [2.24, 2.45) is 5.92 Å². The summed E-state index contributed by atoms with van der Waals surface area (Å²) in [5, 5.41) is 3.65. The van der Waals surface area contributed by atoms with E-state index < -0.39 is 0 Å². The lowest BCUT2D eigenvalue weighted by molar-refractivity contribution is 0.170. The van der Waals surface area contributed by atoms with Crippen molar-refractivity contribution in [1.29, 1.82) is 0 Å². The van der Waals surface area contributed by atoms with Gasteiger partial charge in [0.05, 0.1) is 6.61 Å². The molecule has 0 saturated carbocycles. The number of rotatable bonds is 10. The summed E-state index contributed by atoms with van der Waals surface area (Å²) >= 11 is 0. The van der Waals surface area contributed by atoms with Crippen LogP contribution in [0.5, 0.6) is 5.75 Å². The fraction of sp³-hybridized carbons (Fsp3) is 0.647. The Hall–Kier alpha value is -1.06. The summed E-state index contributed by atoms with van der Waals surface area (Å²) in [6.07, 6.45) is 2.20. The molecule has 0 aromatic heterocycles. The first kappa shape index (κ1) is 17.0. The number of hydrogen-bond acceptors (Lipinski definition) is 3. The maximum absolute atomic E-state index is 5.51. The highest BCUT2D eigenvalue weighted by molar-refractivity contribution is 5.29. The molecular formula is C17H29NO2. The minimum atomic E-state index is 0.376. The predicted molar refractivity (Wildman–Crippen MR) is 84.3 cm³/mol. The Bertz CT molecular complexity index is 351. The highest BCUT2D eigenvalue weighted by Crippen LogP contribution is 2.26. The highest BCUT2D eigenvalue weighted by atomic mass is 16.5. The fourth-order valence-corrected chi connectivity index (χ4v) is 2.36. The van der Waals surface area contributed by atoms with Crippen molar-refractivity contribution in [2.45, 2.75) is 39.7 Å². The van der Waals surface area contributed by atoms with Gasteiger partial charge in [-0.3, -0.25) is 0 Å². The van der Waals surface area contributed by atoms with Gasteiger partial charge < -0.3 is 14.8 Å². The standard InChI is InChI=1S/C17H29NO2/c1-5-12-18-17(14(3)11-13-19-4)15-7-9-16(10-8-15)20-6-2/h7-10,14,17-18H,5-6,11-13H2,1-4H3. The molecule has 0 aliphatic heterocycles. The van der Waals surface area contributed by atoms with Crippen LogP contribution in [0.4, 0.5) is 0 Å². The summed E-state index contributed by atoms with van der Waals surface area (Å²) < 4.78 is 10.7. The van der Waals surface area contributed by atoms with E-state index in [4.69, 9.17) is 9.47 Å². The van der Waals surface area contributed by atoms with Crippen LogP contribution in [-0.4, -0.2) is 26.9 Å². The molecule has 0 fully saturated rings. The van der Waals surface area contributed by atoms with Crippen molar-refractivity contribution < 1.29 is 9.47 Å². The SMILES string of the molecule is CCCNC(c1ccc(OCC)cc1)C(C)CCOC. The Kier molecular flexibility index (Phi) is 8.31. The van der Waals surface area contributed by atoms with Crippen molar-refractivity contribution in [2.75, 3.05) is 26.9 Å². The molecule has 0 amide bonds. The molecule has 20 heavy (non-hydrogen) atoms. The van der Waals surface area contributed by atoms with E-state index >= 15 is 0 Å². The smallest absolute Gasteiger partial charge is 0.119 e. The van der Waals surface area contributed by atoms with Gasteiger partial charge in [0, 0.05) is 19.8 Å². The van der Waals surface area contributed by atoms with E-state index in [0.29, 0.717) is 18.6 Å². The quantitative estimate of drug-likeness (QED) is 0.706. The minimum Gasteiger partial charge on any atom is -0.494 e. The Morgan fingerprint density at radius 3 is 2.40 bits per heavy atom. The van der Waals surface area contributed by atoms with Crippen LogP contribution in [0.25, 0.3) is 0 Å². The van der Waals surface area contributed by atoms with Gasteiger partial charge in [-0.25, -0.2) is 0 Å². The van der Waals surface area contributed by atoms with Crippen LogP contribution in [0.1, 0.15) is 45.2 Å². The zero-order chi connectivity index (χ0) is 14.8. The van der Waals surface area contributed by atoms with Gasteiger partial charge in [-0.05, 0) is 49.9 Å². The molecule has 0 radical (unpaired) electrons. The van der Waals surface area contributed by atoms with E-state index in [1.54, 1.807) is 7.11 Å². The number of methoxy groups -OCH3 is 1. The van der Waals surface area contributed by atoms with Gasteiger partial charge in [0.25, 0.3) is 0 Å². The van der Waals surface area contributed by atoms with Crippen LogP contribution in [-0.2, 0) is 4.74 Å². The van der Waals surface area contributed by atoms with Gasteiger partial charge in [-0.2, -0.15) is 0 Å². The molecule has 0 saturated heterocycles. The fourth-order valence-electron chi connectivity index (χ4n) is 2.36. The van der Waals surface area contributed by atoms with Gasteiger partial charge in [0.15, 0.2) is 0 Å². The Balaban J connectivity index is 2.74. The summed E-state index contributed by atoms with van der Waals surface area (Å²) in [4.78, 5) is 0. The number of hydrogen-bond donors (Lipinski definition) is 1. The molecule has 1 N–H and O–H groups in total. The molecule has 0 aliphatic rings. The molecule has 1 aromatic rings. The van der Waals surface area contributed by atoms with Crippen molar-refractivity contribution in [3.63, 3.8) is 0 Å². The summed E-state index contributed by atoms with van der Waals surface area (Å²) in [5.74, 6) is 1.48. The largest absolute Gasteiger partial charge is 0.494 e. The molecule has 0 spiro atoms. The first-order chi connectivity index (χ1) is 9.72. The summed E-state index contributed by atoms with van der Waals surface area (Å²) in [5.41, 5.74) is 1.32. The van der Waals surface area contributed by atoms with Crippen molar-refractivity contribution in [3.8, 4) is 5.75 Å². The lowest BCUT2D eigenvalue weighted by Crippen LogP contribution is -2.28. The Morgan fingerprint density at radius 1 is 1.15 bits per heavy atom. The molecule has 2 atom stereocenters. The predicted octanol–water partition coefficient (Wildman–Crippen LogP) is 3.80. The normalized spacial score (nSPS) is 14.0. The van der Waals surface area contributed by atoms with E-state index in [-0.39, 0.29) is 0 Å². The van der Waals surface area contributed by atoms with Gasteiger partial charge in [-0.15, -0.1) is 0 Å². The van der Waals surface area contributed by atoms with Crippen LogP contribution >= 0.6 is 0 Å². The second-order valence-electron chi connectivity index (χ2n) is 5.19. The summed E-state index contributed by atoms with van der Waals surface area (Å²) in [6.45, 7) is 9.04. The summed E-state index contributed by atoms with van der Waals surface area (Å²) in [7, 11) is 1.76. The van der Waals surface area contributed by atoms with Gasteiger partial charge in [-0.1, -0.05) is 26.0 Å². The third kappa shape index (κ3) is 5.51. The maximum atomic E-state index is 5.51. The number of ether oxygens (including phenoxy) is 2. The van der Waals surface area contributed by atoms with Crippen LogP contribution in [0.3, 0.4) is 0 Å². The van der Waals surface area contributed by atoms with E-state index in [9.17, 15) is 0 Å². The zero-order valence-corrected chi connectivity index (χ0v) is 13.3. The molecule has 114 valence electrons. The highest BCUT2D eigenvalue weighted by Gasteiger charge is 2.18. The molecule has 0 aliphatic carbocycles. The molecule has 0 bridgehead atoms. The third-order valence-electron chi connectivity index (χ3n) is 3.51. The average Bonchev–Trinajstić information content (AvgIpc) is 2.47. The van der Waals surface area contributed by atoms with E-state index in [0.717, 1.165) is 31.7 Å². The van der Waals surface area contributed by atoms with E-state index in [2.05, 4.69) is 43.4 Å². The van der Waals surface area contributed by atoms with Crippen molar-refractivity contribution >= 4 is 0 Å². The third-order valence-corrected chi connectivity index (χ3v) is 3.51. The second kappa shape index (κ2) is 9.78. The minimum absolute atomic E-state index is 0.376. The average molecular weight is 279 g/mol. The Morgan fingerprint density at radius 2 is 1.85 bits per heavy atom. The molecule has 3 heteroatoms. The van der Waals surface area contributed by atoms with Gasteiger partial charge >= 0.3 is 0 Å². The van der Waals surface area contributed by atoms with Crippen LogP contribution in [0.2, 0.25) is 0 Å². The van der Waals surface area contributed by atoms with Gasteiger partial charge in [0.1, 0.15) is 5.75 Å². The van der Waals surface area contributed by atoms with Crippen LogP contribution < -0.4 is 10.1 Å². The molecule has 0 heterocycles. The van der Waals surface area contributed by atoms with E-state index in [1.807, 2.05) is 6.92 Å². The second-order valence-corrected chi connectivity index (χ2v) is 5.19. The van der Waals surface area contributed by atoms with Crippen LogP contribution in [0, 0.1) is 5.92 Å². The molecule has 3 nitrogen and oxygen atoms in total. The summed E-state index contributed by atoms with van der Waals surface area (Å²) in [6, 6.07) is 8.83. The molecule has 1 aromatic carbocycles.